The van der Waals surface area contributed by atoms with Gasteiger partial charge in [0.05, 0.1) is 5.69 Å². The average molecular weight is 409 g/mol. The molecule has 5 heteroatoms. The van der Waals surface area contributed by atoms with Crippen LogP contribution in [0.15, 0.2) is 36.4 Å². The minimum atomic E-state index is -0.0183. The first-order valence-corrected chi connectivity index (χ1v) is 11.4. The highest BCUT2D eigenvalue weighted by atomic mass is 16.3. The summed E-state index contributed by atoms with van der Waals surface area (Å²) in [5.74, 6) is 1.89. The van der Waals surface area contributed by atoms with Gasteiger partial charge in [-0.1, -0.05) is 32.1 Å². The van der Waals surface area contributed by atoms with Gasteiger partial charge in [-0.2, -0.15) is 0 Å². The van der Waals surface area contributed by atoms with Crippen LogP contribution < -0.4 is 10.6 Å². The molecule has 5 nitrogen and oxygen atoms in total. The summed E-state index contributed by atoms with van der Waals surface area (Å²) in [7, 11) is 0. The maximum atomic E-state index is 13.2. The number of nitrogens with one attached hydrogen (secondary N) is 2. The monoisotopic (exact) mass is 408 g/mol. The summed E-state index contributed by atoms with van der Waals surface area (Å²) < 4.78 is 0. The lowest BCUT2D eigenvalue weighted by molar-refractivity contribution is -0.129. The second kappa shape index (κ2) is 6.86. The van der Waals surface area contributed by atoms with Crippen molar-refractivity contribution in [2.45, 2.75) is 58.4 Å². The molecule has 3 N–H and O–H groups in total. The van der Waals surface area contributed by atoms with Crippen molar-refractivity contribution in [3.8, 4) is 5.75 Å². The molecule has 7 atom stereocenters. The van der Waals surface area contributed by atoms with Crippen molar-refractivity contribution in [3.05, 3.63) is 36.4 Å². The minimum absolute atomic E-state index is 0.000471. The second-order valence-electron chi connectivity index (χ2n) is 10.4. The normalized spacial score (nSPS) is 41.9. The molecule has 0 aromatic heterocycles. The number of anilines is 1. The highest BCUT2D eigenvalue weighted by molar-refractivity contribution is 5.94. The molecular formula is C25H32N2O3. The number of carbonyl (C=O) groups is 2. The van der Waals surface area contributed by atoms with Crippen molar-refractivity contribution in [3.63, 3.8) is 0 Å². The van der Waals surface area contributed by atoms with Gasteiger partial charge < -0.3 is 15.7 Å². The standard InChI is InChI=1S/C25H32N2O3/c1-24-13-11-17-15(7-10-21-25(17,2)14-12-22(29)27-21)16(24)8-9-18(24)23(30)26-19-5-3-4-6-20(19)28/h3-6,12,14-18,21,28H,7-11,13H2,1-2H3,(H,26,30)(H,27,29)/t15-,16-,17-,18+,21+,24-,25+/m0/s1. The number of phenolic OH excluding ortho intramolecular Hbond substituents is 1. The summed E-state index contributed by atoms with van der Waals surface area (Å²) in [6.07, 6.45) is 10.2. The zero-order valence-corrected chi connectivity index (χ0v) is 17.9. The number of amides is 2. The van der Waals surface area contributed by atoms with Gasteiger partial charge in [-0.15, -0.1) is 0 Å². The second-order valence-corrected chi connectivity index (χ2v) is 10.4. The predicted octanol–water partition coefficient (Wildman–Crippen LogP) is 4.24. The van der Waals surface area contributed by atoms with E-state index in [-0.39, 0.29) is 40.4 Å². The number of phenols is 1. The van der Waals surface area contributed by atoms with Crippen LogP contribution in [0.3, 0.4) is 0 Å². The molecule has 1 heterocycles. The molecule has 0 radical (unpaired) electrons. The van der Waals surface area contributed by atoms with E-state index >= 15 is 0 Å². The van der Waals surface area contributed by atoms with Gasteiger partial charge >= 0.3 is 0 Å². The van der Waals surface area contributed by atoms with Crippen molar-refractivity contribution in [1.82, 2.24) is 5.32 Å². The zero-order chi connectivity index (χ0) is 21.1. The average Bonchev–Trinajstić information content (AvgIpc) is 3.07. The van der Waals surface area contributed by atoms with Crippen molar-refractivity contribution in [2.75, 3.05) is 5.32 Å². The van der Waals surface area contributed by atoms with Crippen LogP contribution in [-0.4, -0.2) is 23.0 Å². The molecule has 160 valence electrons. The first-order valence-electron chi connectivity index (χ1n) is 11.4. The Bertz CT molecular complexity index is 911. The van der Waals surface area contributed by atoms with Crippen molar-refractivity contribution in [2.24, 2.45) is 34.5 Å². The van der Waals surface area contributed by atoms with Crippen LogP contribution in [0, 0.1) is 34.5 Å². The van der Waals surface area contributed by atoms with Gasteiger partial charge in [0.25, 0.3) is 0 Å². The molecule has 0 unspecified atom stereocenters. The van der Waals surface area contributed by atoms with E-state index < -0.39 is 0 Å². The van der Waals surface area contributed by atoms with Gasteiger partial charge in [0, 0.05) is 17.4 Å². The Morgan fingerprint density at radius 3 is 2.70 bits per heavy atom. The van der Waals surface area contributed by atoms with Crippen LogP contribution in [0.2, 0.25) is 0 Å². The van der Waals surface area contributed by atoms with E-state index in [2.05, 4.69) is 30.6 Å². The molecule has 5 rings (SSSR count). The predicted molar refractivity (Wildman–Crippen MR) is 116 cm³/mol. The first kappa shape index (κ1) is 19.7. The number of rotatable bonds is 2. The number of carbonyl (C=O) groups excluding carboxylic acids is 2. The van der Waals surface area contributed by atoms with Gasteiger partial charge in [0.2, 0.25) is 11.8 Å². The Kier molecular flexibility index (Phi) is 4.49. The maximum absolute atomic E-state index is 13.2. The number of benzene rings is 1. The fourth-order valence-electron chi connectivity index (χ4n) is 7.56. The van der Waals surface area contributed by atoms with Gasteiger partial charge in [-0.05, 0) is 79.9 Å². The molecule has 1 aliphatic heterocycles. The first-order chi connectivity index (χ1) is 14.3. The highest BCUT2D eigenvalue weighted by Gasteiger charge is 2.60. The SMILES string of the molecule is C[C@]12C=CC(=O)N[C@@H]1CC[C@@H]1[C@@H]2CC[C@]2(C)[C@@H](C(=O)Nc3ccccc3O)CC[C@@H]12. The van der Waals surface area contributed by atoms with E-state index in [1.54, 1.807) is 24.3 Å². The number of fused-ring (bicyclic) bond motifs is 5. The Morgan fingerprint density at radius 1 is 1.10 bits per heavy atom. The lowest BCUT2D eigenvalue weighted by Gasteiger charge is -2.58. The third-order valence-corrected chi connectivity index (χ3v) is 9.16. The van der Waals surface area contributed by atoms with E-state index in [1.165, 1.54) is 0 Å². The van der Waals surface area contributed by atoms with Crippen molar-refractivity contribution in [1.29, 1.82) is 0 Å². The van der Waals surface area contributed by atoms with Crippen LogP contribution in [0.25, 0.3) is 0 Å². The summed E-state index contributed by atoms with van der Waals surface area (Å²) in [5, 5.41) is 16.3. The van der Waals surface area contributed by atoms with Crippen LogP contribution >= 0.6 is 0 Å². The summed E-state index contributed by atoms with van der Waals surface area (Å²) in [6, 6.07) is 7.19. The highest BCUT2D eigenvalue weighted by Crippen LogP contribution is 2.65. The van der Waals surface area contributed by atoms with Crippen LogP contribution in [0.5, 0.6) is 5.75 Å². The van der Waals surface area contributed by atoms with Crippen molar-refractivity contribution >= 4 is 17.5 Å². The fraction of sp³-hybridized carbons (Fsp3) is 0.600. The Balaban J connectivity index is 1.38. The quantitative estimate of drug-likeness (QED) is 0.641. The number of aromatic hydroxyl groups is 1. The van der Waals surface area contributed by atoms with Gasteiger partial charge in [-0.25, -0.2) is 0 Å². The molecule has 1 aromatic rings. The molecule has 1 aromatic carbocycles. The molecule has 3 aliphatic carbocycles. The molecule has 3 fully saturated rings. The third kappa shape index (κ3) is 2.81. The fourth-order valence-corrected chi connectivity index (χ4v) is 7.56. The topological polar surface area (TPSA) is 78.4 Å². The lowest BCUT2D eigenvalue weighted by atomic mass is 9.48. The largest absolute Gasteiger partial charge is 0.506 e. The molecule has 30 heavy (non-hydrogen) atoms. The van der Waals surface area contributed by atoms with Crippen LogP contribution in [0.4, 0.5) is 5.69 Å². The zero-order valence-electron chi connectivity index (χ0n) is 17.9. The molecule has 3 saturated carbocycles. The van der Waals surface area contributed by atoms with Gasteiger partial charge in [0.15, 0.2) is 0 Å². The van der Waals surface area contributed by atoms with Crippen molar-refractivity contribution < 1.29 is 14.7 Å². The van der Waals surface area contributed by atoms with E-state index in [1.807, 2.05) is 6.07 Å². The summed E-state index contributed by atoms with van der Waals surface area (Å²) >= 11 is 0. The molecular weight excluding hydrogens is 376 g/mol. The van der Waals surface area contributed by atoms with Gasteiger partial charge in [-0.3, -0.25) is 9.59 Å². The number of para-hydroxylation sites is 2. The maximum Gasteiger partial charge on any atom is 0.243 e. The Labute approximate surface area is 178 Å². The molecule has 2 amide bonds. The van der Waals surface area contributed by atoms with Crippen LogP contribution in [-0.2, 0) is 9.59 Å². The van der Waals surface area contributed by atoms with E-state index in [0.29, 0.717) is 23.4 Å². The molecule has 4 aliphatic rings. The molecule has 0 saturated heterocycles. The third-order valence-electron chi connectivity index (χ3n) is 9.16. The lowest BCUT2D eigenvalue weighted by Crippen LogP contribution is -2.59. The summed E-state index contributed by atoms with van der Waals surface area (Å²) in [5.41, 5.74) is 0.522. The van der Waals surface area contributed by atoms with E-state index in [4.69, 9.17) is 0 Å². The minimum Gasteiger partial charge on any atom is -0.506 e. The number of hydrogen-bond donors (Lipinski definition) is 3. The van der Waals surface area contributed by atoms with E-state index in [9.17, 15) is 14.7 Å². The smallest absolute Gasteiger partial charge is 0.243 e. The Morgan fingerprint density at radius 2 is 1.90 bits per heavy atom. The van der Waals surface area contributed by atoms with E-state index in [0.717, 1.165) is 38.5 Å². The summed E-state index contributed by atoms with van der Waals surface area (Å²) in [4.78, 5) is 25.1. The molecule has 0 spiro atoms. The summed E-state index contributed by atoms with van der Waals surface area (Å²) in [6.45, 7) is 4.65. The Hall–Kier alpha value is -2.30. The van der Waals surface area contributed by atoms with Crippen LogP contribution in [0.1, 0.15) is 52.4 Å². The van der Waals surface area contributed by atoms with Gasteiger partial charge in [0.1, 0.15) is 5.75 Å². The molecule has 0 bridgehead atoms. The number of hydrogen-bond acceptors (Lipinski definition) is 3.